The van der Waals surface area contributed by atoms with Gasteiger partial charge in [-0.05, 0) is 84.3 Å². The van der Waals surface area contributed by atoms with E-state index in [4.69, 9.17) is 9.47 Å². The lowest BCUT2D eigenvalue weighted by atomic mass is 9.99. The molecule has 200 valence electrons. The summed E-state index contributed by atoms with van der Waals surface area (Å²) in [5.74, 6) is -1.11. The first kappa shape index (κ1) is 27.4. The van der Waals surface area contributed by atoms with E-state index in [-0.39, 0.29) is 22.6 Å². The second-order valence-electron chi connectivity index (χ2n) is 8.65. The number of nitrogens with one attached hydrogen (secondary N) is 1. The minimum Gasteiger partial charge on any atom is -0.465 e. The predicted octanol–water partition coefficient (Wildman–Crippen LogP) is 7.58. The third-order valence-electron chi connectivity index (χ3n) is 5.97. The average Bonchev–Trinajstić information content (AvgIpc) is 2.93. The van der Waals surface area contributed by atoms with Crippen molar-refractivity contribution < 1.29 is 36.6 Å². The van der Waals surface area contributed by atoms with Crippen LogP contribution in [0.4, 0.5) is 17.6 Å². The van der Waals surface area contributed by atoms with Gasteiger partial charge in [0.15, 0.2) is 0 Å². The molecule has 0 aromatic heterocycles. The highest BCUT2D eigenvalue weighted by Crippen LogP contribution is 2.35. The van der Waals surface area contributed by atoms with Crippen LogP contribution >= 0.6 is 0 Å². The fourth-order valence-corrected chi connectivity index (χ4v) is 3.86. The van der Waals surface area contributed by atoms with Crippen molar-refractivity contribution in [2.24, 2.45) is 0 Å². The molecule has 1 amide bonds. The highest BCUT2D eigenvalue weighted by molar-refractivity contribution is 5.98. The van der Waals surface area contributed by atoms with Gasteiger partial charge in [-0.3, -0.25) is 4.79 Å². The summed E-state index contributed by atoms with van der Waals surface area (Å²) < 4.78 is 63.7. The normalized spacial score (nSPS) is 11.9. The fraction of sp³-hybridized carbons (Fsp3) is 0.133. The van der Waals surface area contributed by atoms with Gasteiger partial charge in [-0.25, -0.2) is 9.18 Å². The van der Waals surface area contributed by atoms with Crippen LogP contribution in [-0.4, -0.2) is 19.0 Å². The van der Waals surface area contributed by atoms with Gasteiger partial charge in [0.25, 0.3) is 5.91 Å². The summed E-state index contributed by atoms with van der Waals surface area (Å²) in [6, 6.07) is 20.4. The van der Waals surface area contributed by atoms with Gasteiger partial charge in [-0.15, -0.1) is 0 Å². The quantitative estimate of drug-likeness (QED) is 0.195. The maximum Gasteiger partial charge on any atom is 0.416 e. The highest BCUT2D eigenvalue weighted by Gasteiger charge is 2.30. The molecule has 1 N–H and O–H groups in total. The molecule has 39 heavy (non-hydrogen) atoms. The number of benzene rings is 4. The van der Waals surface area contributed by atoms with Crippen molar-refractivity contribution in [3.8, 4) is 22.6 Å². The first-order valence-corrected chi connectivity index (χ1v) is 11.8. The molecular weight excluding hydrogens is 514 g/mol. The lowest BCUT2D eigenvalue weighted by molar-refractivity contribution is -0.137. The van der Waals surface area contributed by atoms with Gasteiger partial charge in [-0.2, -0.15) is 13.2 Å². The standard InChI is InChI=1S/C30H23F4NO4/c1-18(19-6-8-20(9-7-19)29(37)38-2)35-28(36)26-17-22(21-4-3-5-23(16-21)30(32,33)34)10-15-27(26)39-25-13-11-24(31)12-14-25/h3-18H,1-2H3,(H,35,36). The Hall–Kier alpha value is -4.66. The summed E-state index contributed by atoms with van der Waals surface area (Å²) in [4.78, 5) is 25.1. The van der Waals surface area contributed by atoms with E-state index in [2.05, 4.69) is 5.32 Å². The van der Waals surface area contributed by atoms with E-state index < -0.39 is 35.5 Å². The Kier molecular flexibility index (Phi) is 7.99. The molecule has 0 saturated carbocycles. The molecule has 0 heterocycles. The van der Waals surface area contributed by atoms with Crippen molar-refractivity contribution in [2.75, 3.05) is 7.11 Å². The third-order valence-corrected chi connectivity index (χ3v) is 5.97. The lowest BCUT2D eigenvalue weighted by Crippen LogP contribution is -2.27. The van der Waals surface area contributed by atoms with Crippen molar-refractivity contribution in [3.05, 3.63) is 119 Å². The molecule has 0 radical (unpaired) electrons. The maximum atomic E-state index is 13.4. The van der Waals surface area contributed by atoms with Crippen LogP contribution in [0.25, 0.3) is 11.1 Å². The predicted molar refractivity (Wildman–Crippen MR) is 137 cm³/mol. The zero-order valence-corrected chi connectivity index (χ0v) is 20.9. The van der Waals surface area contributed by atoms with Crippen LogP contribution in [0, 0.1) is 5.82 Å². The number of alkyl halides is 3. The van der Waals surface area contributed by atoms with Crippen molar-refractivity contribution in [1.29, 1.82) is 0 Å². The van der Waals surface area contributed by atoms with E-state index in [1.54, 1.807) is 37.3 Å². The van der Waals surface area contributed by atoms with E-state index in [0.29, 0.717) is 16.7 Å². The maximum absolute atomic E-state index is 13.4. The Morgan fingerprint density at radius 3 is 2.15 bits per heavy atom. The first-order valence-electron chi connectivity index (χ1n) is 11.8. The lowest BCUT2D eigenvalue weighted by Gasteiger charge is -2.18. The molecule has 4 aromatic carbocycles. The largest absolute Gasteiger partial charge is 0.465 e. The second-order valence-corrected chi connectivity index (χ2v) is 8.65. The topological polar surface area (TPSA) is 64.6 Å². The zero-order chi connectivity index (χ0) is 28.2. The fourth-order valence-electron chi connectivity index (χ4n) is 3.86. The smallest absolute Gasteiger partial charge is 0.416 e. The molecule has 0 aliphatic carbocycles. The molecule has 4 aromatic rings. The van der Waals surface area contributed by atoms with Crippen LogP contribution in [0.3, 0.4) is 0 Å². The molecule has 0 fully saturated rings. The number of esters is 1. The van der Waals surface area contributed by atoms with Crippen molar-refractivity contribution in [1.82, 2.24) is 5.32 Å². The van der Waals surface area contributed by atoms with Crippen LogP contribution in [0.2, 0.25) is 0 Å². The second kappa shape index (κ2) is 11.4. The first-order chi connectivity index (χ1) is 18.5. The van der Waals surface area contributed by atoms with Crippen LogP contribution in [-0.2, 0) is 10.9 Å². The van der Waals surface area contributed by atoms with Gasteiger partial charge in [-0.1, -0.05) is 30.3 Å². The van der Waals surface area contributed by atoms with E-state index in [0.717, 1.165) is 12.1 Å². The molecule has 0 spiro atoms. The van der Waals surface area contributed by atoms with Crippen LogP contribution in [0.5, 0.6) is 11.5 Å². The van der Waals surface area contributed by atoms with Gasteiger partial charge in [0.05, 0.1) is 29.8 Å². The van der Waals surface area contributed by atoms with E-state index in [9.17, 15) is 27.2 Å². The molecule has 0 aliphatic heterocycles. The molecule has 0 bridgehead atoms. The number of rotatable bonds is 7. The molecule has 0 saturated heterocycles. The molecule has 9 heteroatoms. The van der Waals surface area contributed by atoms with Crippen LogP contribution in [0.15, 0.2) is 91.0 Å². The van der Waals surface area contributed by atoms with Crippen molar-refractivity contribution >= 4 is 11.9 Å². The number of halogens is 4. The minimum absolute atomic E-state index is 0.0623. The Balaban J connectivity index is 1.67. The number of hydrogen-bond donors (Lipinski definition) is 1. The minimum atomic E-state index is -4.53. The number of amides is 1. The molecule has 5 nitrogen and oxygen atoms in total. The number of methoxy groups -OCH3 is 1. The van der Waals surface area contributed by atoms with Crippen molar-refractivity contribution in [2.45, 2.75) is 19.1 Å². The molecule has 1 unspecified atom stereocenters. The molecule has 4 rings (SSSR count). The highest BCUT2D eigenvalue weighted by atomic mass is 19.4. The van der Waals surface area contributed by atoms with E-state index in [1.165, 1.54) is 55.6 Å². The number of hydrogen-bond acceptors (Lipinski definition) is 4. The monoisotopic (exact) mass is 537 g/mol. The summed E-state index contributed by atoms with van der Waals surface area (Å²) in [7, 11) is 1.28. The van der Waals surface area contributed by atoms with Crippen molar-refractivity contribution in [3.63, 3.8) is 0 Å². The van der Waals surface area contributed by atoms with Gasteiger partial charge >= 0.3 is 12.1 Å². The summed E-state index contributed by atoms with van der Waals surface area (Å²) in [5, 5.41) is 2.85. The SMILES string of the molecule is COC(=O)c1ccc(C(C)NC(=O)c2cc(-c3cccc(C(F)(F)F)c3)ccc2Oc2ccc(F)cc2)cc1. The summed E-state index contributed by atoms with van der Waals surface area (Å²) in [6.07, 6.45) is -4.53. The number of ether oxygens (including phenoxy) is 2. The van der Waals surface area contributed by atoms with Crippen LogP contribution < -0.4 is 10.1 Å². The molecule has 0 aliphatic rings. The van der Waals surface area contributed by atoms with Gasteiger partial charge < -0.3 is 14.8 Å². The molecular formula is C30H23F4NO4. The third kappa shape index (κ3) is 6.62. The van der Waals surface area contributed by atoms with Gasteiger partial charge in [0, 0.05) is 0 Å². The summed E-state index contributed by atoms with van der Waals surface area (Å²) in [5.41, 5.74) is 0.926. The Morgan fingerprint density at radius 2 is 1.51 bits per heavy atom. The van der Waals surface area contributed by atoms with Gasteiger partial charge in [0.2, 0.25) is 0 Å². The Morgan fingerprint density at radius 1 is 0.846 bits per heavy atom. The number of carbonyl (C=O) groups excluding carboxylic acids is 2. The average molecular weight is 538 g/mol. The van der Waals surface area contributed by atoms with E-state index in [1.807, 2.05) is 0 Å². The number of carbonyl (C=O) groups is 2. The summed E-state index contributed by atoms with van der Waals surface area (Å²) >= 11 is 0. The zero-order valence-electron chi connectivity index (χ0n) is 20.9. The van der Waals surface area contributed by atoms with E-state index >= 15 is 0 Å². The van der Waals surface area contributed by atoms with Gasteiger partial charge in [0.1, 0.15) is 17.3 Å². The Bertz CT molecular complexity index is 1480. The summed E-state index contributed by atoms with van der Waals surface area (Å²) in [6.45, 7) is 1.74. The molecule has 1 atom stereocenters. The Labute approximate surface area is 222 Å². The van der Waals surface area contributed by atoms with Crippen LogP contribution in [0.1, 0.15) is 44.8 Å².